The topological polar surface area (TPSA) is 59.3 Å². The standard InChI is InChI=1S/C17H12BrNO3/c1-10-4-2-5-11-8-14(17(21)22-15(10)11)16(20)19-13-7-3-6-12(18)9-13/h2-9H,1H3,(H,19,20). The van der Waals surface area contributed by atoms with Crippen molar-refractivity contribution in [3.8, 4) is 0 Å². The summed E-state index contributed by atoms with van der Waals surface area (Å²) in [7, 11) is 0. The molecule has 0 saturated heterocycles. The van der Waals surface area contributed by atoms with Crippen molar-refractivity contribution < 1.29 is 9.21 Å². The monoisotopic (exact) mass is 357 g/mol. The lowest BCUT2D eigenvalue weighted by Gasteiger charge is -2.06. The molecule has 0 fully saturated rings. The molecule has 0 aliphatic heterocycles. The Hall–Kier alpha value is -2.40. The van der Waals surface area contributed by atoms with E-state index in [1.54, 1.807) is 30.3 Å². The van der Waals surface area contributed by atoms with Gasteiger partial charge in [0, 0.05) is 15.5 Å². The minimum atomic E-state index is -0.644. The second-order valence-corrected chi connectivity index (χ2v) is 5.82. The third-order valence-corrected chi connectivity index (χ3v) is 3.78. The van der Waals surface area contributed by atoms with Crippen molar-refractivity contribution in [1.29, 1.82) is 0 Å². The van der Waals surface area contributed by atoms with E-state index in [1.807, 2.05) is 25.1 Å². The first-order chi connectivity index (χ1) is 10.5. The van der Waals surface area contributed by atoms with E-state index in [1.165, 1.54) is 0 Å². The molecule has 22 heavy (non-hydrogen) atoms. The van der Waals surface area contributed by atoms with Gasteiger partial charge >= 0.3 is 5.63 Å². The molecule has 5 heteroatoms. The zero-order valence-corrected chi connectivity index (χ0v) is 13.3. The summed E-state index contributed by atoms with van der Waals surface area (Å²) >= 11 is 3.33. The largest absolute Gasteiger partial charge is 0.422 e. The number of rotatable bonds is 2. The van der Waals surface area contributed by atoms with Gasteiger partial charge in [-0.3, -0.25) is 4.79 Å². The zero-order chi connectivity index (χ0) is 15.7. The Labute approximate surface area is 134 Å². The molecule has 0 bridgehead atoms. The van der Waals surface area contributed by atoms with Gasteiger partial charge in [-0.05, 0) is 36.8 Å². The Morgan fingerprint density at radius 3 is 2.68 bits per heavy atom. The van der Waals surface area contributed by atoms with E-state index in [4.69, 9.17) is 4.42 Å². The second kappa shape index (κ2) is 5.77. The molecular weight excluding hydrogens is 346 g/mol. The Morgan fingerprint density at radius 1 is 1.14 bits per heavy atom. The fourth-order valence-electron chi connectivity index (χ4n) is 2.21. The molecule has 1 amide bonds. The van der Waals surface area contributed by atoms with Crippen molar-refractivity contribution in [1.82, 2.24) is 0 Å². The van der Waals surface area contributed by atoms with Gasteiger partial charge in [0.1, 0.15) is 11.1 Å². The number of fused-ring (bicyclic) bond motifs is 1. The van der Waals surface area contributed by atoms with E-state index < -0.39 is 11.5 Å². The smallest absolute Gasteiger partial charge is 0.349 e. The number of amides is 1. The van der Waals surface area contributed by atoms with Crippen molar-refractivity contribution in [2.75, 3.05) is 5.32 Å². The minimum absolute atomic E-state index is 0.0157. The molecule has 4 nitrogen and oxygen atoms in total. The Kier molecular flexibility index (Phi) is 3.81. The van der Waals surface area contributed by atoms with Gasteiger partial charge in [0.05, 0.1) is 0 Å². The third-order valence-electron chi connectivity index (χ3n) is 3.28. The van der Waals surface area contributed by atoms with E-state index in [0.717, 1.165) is 15.4 Å². The number of halogens is 1. The summed E-state index contributed by atoms with van der Waals surface area (Å²) in [6, 6.07) is 14.2. The van der Waals surface area contributed by atoms with E-state index in [9.17, 15) is 9.59 Å². The van der Waals surface area contributed by atoms with Crippen LogP contribution in [0.3, 0.4) is 0 Å². The fraction of sp³-hybridized carbons (Fsp3) is 0.0588. The molecule has 3 rings (SSSR count). The molecule has 0 aliphatic rings. The van der Waals surface area contributed by atoms with Crippen molar-refractivity contribution >= 4 is 38.5 Å². The Bertz CT molecular complexity index is 931. The lowest BCUT2D eigenvalue weighted by atomic mass is 10.1. The number of carbonyl (C=O) groups excluding carboxylic acids is 1. The normalized spacial score (nSPS) is 10.6. The first-order valence-electron chi connectivity index (χ1n) is 6.65. The number of aryl methyl sites for hydroxylation is 1. The van der Waals surface area contributed by atoms with Gasteiger partial charge in [0.2, 0.25) is 0 Å². The van der Waals surface area contributed by atoms with Crippen LogP contribution in [0.25, 0.3) is 11.0 Å². The summed E-state index contributed by atoms with van der Waals surface area (Å²) in [5.74, 6) is -0.491. The molecule has 110 valence electrons. The van der Waals surface area contributed by atoms with Crippen LogP contribution in [0.1, 0.15) is 15.9 Å². The first kappa shape index (κ1) is 14.5. The number of nitrogens with one attached hydrogen (secondary N) is 1. The second-order valence-electron chi connectivity index (χ2n) is 4.91. The fourth-order valence-corrected chi connectivity index (χ4v) is 2.61. The molecule has 2 aromatic carbocycles. The Morgan fingerprint density at radius 2 is 1.91 bits per heavy atom. The van der Waals surface area contributed by atoms with Gasteiger partial charge in [-0.15, -0.1) is 0 Å². The predicted octanol–water partition coefficient (Wildman–Crippen LogP) is 4.12. The quantitative estimate of drug-likeness (QED) is 0.701. The molecular formula is C17H12BrNO3. The molecule has 0 radical (unpaired) electrons. The minimum Gasteiger partial charge on any atom is -0.422 e. The van der Waals surface area contributed by atoms with Gasteiger partial charge in [-0.2, -0.15) is 0 Å². The van der Waals surface area contributed by atoms with Gasteiger partial charge in [-0.25, -0.2) is 4.79 Å². The van der Waals surface area contributed by atoms with Crippen LogP contribution >= 0.6 is 15.9 Å². The van der Waals surface area contributed by atoms with Crippen molar-refractivity contribution in [2.24, 2.45) is 0 Å². The van der Waals surface area contributed by atoms with Crippen molar-refractivity contribution in [3.05, 3.63) is 74.6 Å². The molecule has 1 N–H and O–H groups in total. The van der Waals surface area contributed by atoms with Gasteiger partial charge in [0.15, 0.2) is 0 Å². The van der Waals surface area contributed by atoms with Crippen LogP contribution in [-0.4, -0.2) is 5.91 Å². The summed E-state index contributed by atoms with van der Waals surface area (Å²) in [5, 5.41) is 3.41. The van der Waals surface area contributed by atoms with E-state index in [-0.39, 0.29) is 5.56 Å². The van der Waals surface area contributed by atoms with Crippen LogP contribution < -0.4 is 10.9 Å². The van der Waals surface area contributed by atoms with Crippen LogP contribution in [0.5, 0.6) is 0 Å². The summed E-state index contributed by atoms with van der Waals surface area (Å²) in [5.41, 5.74) is 1.30. The molecule has 0 spiro atoms. The first-order valence-corrected chi connectivity index (χ1v) is 7.44. The van der Waals surface area contributed by atoms with Gasteiger partial charge in [0.25, 0.3) is 5.91 Å². The molecule has 1 aromatic heterocycles. The average Bonchev–Trinajstić information content (AvgIpc) is 2.47. The maximum atomic E-state index is 12.3. The van der Waals surface area contributed by atoms with E-state index in [2.05, 4.69) is 21.2 Å². The molecule has 0 unspecified atom stereocenters. The maximum Gasteiger partial charge on any atom is 0.349 e. The average molecular weight is 358 g/mol. The van der Waals surface area contributed by atoms with Crippen molar-refractivity contribution in [2.45, 2.75) is 6.92 Å². The number of hydrogen-bond acceptors (Lipinski definition) is 3. The lowest BCUT2D eigenvalue weighted by molar-refractivity contribution is 0.102. The number of hydrogen-bond donors (Lipinski definition) is 1. The zero-order valence-electron chi connectivity index (χ0n) is 11.7. The van der Waals surface area contributed by atoms with Gasteiger partial charge < -0.3 is 9.73 Å². The predicted molar refractivity (Wildman–Crippen MR) is 89.3 cm³/mol. The van der Waals surface area contributed by atoms with Crippen LogP contribution in [-0.2, 0) is 0 Å². The molecule has 0 aliphatic carbocycles. The summed E-state index contributed by atoms with van der Waals surface area (Å²) in [4.78, 5) is 24.3. The molecule has 0 saturated carbocycles. The molecule has 1 heterocycles. The van der Waals surface area contributed by atoms with Gasteiger partial charge in [-0.1, -0.05) is 40.2 Å². The Balaban J connectivity index is 2.01. The third kappa shape index (κ3) is 2.80. The summed E-state index contributed by atoms with van der Waals surface area (Å²) in [6.45, 7) is 1.85. The number of benzene rings is 2. The van der Waals surface area contributed by atoms with E-state index >= 15 is 0 Å². The van der Waals surface area contributed by atoms with Crippen LogP contribution in [0.2, 0.25) is 0 Å². The summed E-state index contributed by atoms with van der Waals surface area (Å²) in [6.07, 6.45) is 0. The number of para-hydroxylation sites is 1. The maximum absolute atomic E-state index is 12.3. The highest BCUT2D eigenvalue weighted by Gasteiger charge is 2.14. The highest BCUT2D eigenvalue weighted by Crippen LogP contribution is 2.19. The number of anilines is 1. The molecule has 0 atom stereocenters. The van der Waals surface area contributed by atoms with Crippen LogP contribution in [0, 0.1) is 6.92 Å². The van der Waals surface area contributed by atoms with Crippen LogP contribution in [0.15, 0.2) is 62.2 Å². The highest BCUT2D eigenvalue weighted by atomic mass is 79.9. The van der Waals surface area contributed by atoms with Crippen molar-refractivity contribution in [3.63, 3.8) is 0 Å². The van der Waals surface area contributed by atoms with Crippen LogP contribution in [0.4, 0.5) is 5.69 Å². The lowest BCUT2D eigenvalue weighted by Crippen LogP contribution is -2.20. The van der Waals surface area contributed by atoms with E-state index in [0.29, 0.717) is 11.3 Å². The molecule has 3 aromatic rings. The highest BCUT2D eigenvalue weighted by molar-refractivity contribution is 9.10. The SMILES string of the molecule is Cc1cccc2cc(C(=O)Nc3cccc(Br)c3)c(=O)oc12. The summed E-state index contributed by atoms with van der Waals surface area (Å²) < 4.78 is 6.12. The number of carbonyl (C=O) groups is 1.